The molecule has 2 saturated heterocycles. The molecule has 7 fully saturated rings. The van der Waals surface area contributed by atoms with Crippen LogP contribution in [0.1, 0.15) is 56.3 Å². The number of methoxy groups -OCH3 is 4. The Bertz CT molecular complexity index is 1560. The van der Waals surface area contributed by atoms with Crippen molar-refractivity contribution in [2.75, 3.05) is 53.0 Å². The molecule has 268 valence electrons. The molecular weight excluding hydrogens is 632 g/mol. The Morgan fingerprint density at radius 1 is 1.04 bits per heavy atom. The van der Waals surface area contributed by atoms with Gasteiger partial charge in [0.25, 0.3) is 0 Å². The predicted molar refractivity (Wildman–Crippen MR) is 174 cm³/mol. The lowest BCUT2D eigenvalue weighted by molar-refractivity contribution is -0.320. The third kappa shape index (κ3) is 3.86. The van der Waals surface area contributed by atoms with E-state index in [0.29, 0.717) is 25.9 Å². The van der Waals surface area contributed by atoms with Crippen LogP contribution in [0.4, 0.5) is 5.69 Å². The van der Waals surface area contributed by atoms with Crippen LogP contribution >= 0.6 is 0 Å². The first-order valence-corrected chi connectivity index (χ1v) is 17.9. The van der Waals surface area contributed by atoms with Crippen LogP contribution in [-0.4, -0.2) is 123 Å². The molecule has 12 nitrogen and oxygen atoms in total. The molecule has 2 amide bonds. The number of likely N-dealkylation sites (N-methyl/N-ethyl adjacent to an activating group) is 1. The second-order valence-corrected chi connectivity index (χ2v) is 16.0. The number of imide groups is 1. The van der Waals surface area contributed by atoms with E-state index in [4.69, 9.17) is 23.7 Å². The van der Waals surface area contributed by atoms with Crippen LogP contribution in [-0.2, 0) is 33.3 Å². The molecule has 1 aromatic carbocycles. The zero-order valence-electron chi connectivity index (χ0n) is 29.3. The molecule has 5 aliphatic carbocycles. The molecule has 1 aromatic rings. The molecule has 49 heavy (non-hydrogen) atoms. The lowest BCUT2D eigenvalue weighted by atomic mass is 9.42. The molecule has 14 atom stereocenters. The number of carbonyl (C=O) groups is 3. The number of esters is 1. The Kier molecular flexibility index (Phi) is 7.75. The lowest BCUT2D eigenvalue weighted by Gasteiger charge is -2.70. The molecule has 2 N–H and O–H groups in total. The van der Waals surface area contributed by atoms with E-state index in [0.717, 1.165) is 11.3 Å². The van der Waals surface area contributed by atoms with Crippen molar-refractivity contribution in [3.63, 3.8) is 0 Å². The van der Waals surface area contributed by atoms with Crippen LogP contribution in [0, 0.1) is 40.4 Å². The molecule has 5 saturated carbocycles. The first-order chi connectivity index (χ1) is 23.4. The van der Waals surface area contributed by atoms with Crippen molar-refractivity contribution in [3.05, 3.63) is 29.8 Å². The quantitative estimate of drug-likeness (QED) is 0.292. The molecule has 0 aromatic heterocycles. The largest absolute Gasteiger partial charge is 0.461 e. The van der Waals surface area contributed by atoms with Crippen molar-refractivity contribution >= 4 is 23.5 Å². The van der Waals surface area contributed by atoms with Crippen LogP contribution in [0.2, 0.25) is 0 Å². The molecule has 12 heteroatoms. The molecule has 8 rings (SSSR count). The summed E-state index contributed by atoms with van der Waals surface area (Å²) in [5.74, 6) is -2.47. The van der Waals surface area contributed by atoms with Gasteiger partial charge in [-0.25, -0.2) is 9.69 Å². The monoisotopic (exact) mass is 682 g/mol. The van der Waals surface area contributed by atoms with Crippen LogP contribution in [0.25, 0.3) is 0 Å². The number of ether oxygens (including phenoxy) is 5. The maximum Gasteiger partial charge on any atom is 0.340 e. The molecule has 2 heterocycles. The molecule has 2 aliphatic heterocycles. The Hall–Kier alpha value is -2.45. The number of anilines is 1. The minimum atomic E-state index is -1.70. The van der Waals surface area contributed by atoms with Crippen LogP contribution in [0.15, 0.2) is 24.3 Å². The molecule has 7 bridgehead atoms. The van der Waals surface area contributed by atoms with Crippen molar-refractivity contribution in [1.82, 2.24) is 4.90 Å². The first-order valence-electron chi connectivity index (χ1n) is 17.9. The molecule has 1 spiro atoms. The van der Waals surface area contributed by atoms with Crippen LogP contribution < -0.4 is 4.90 Å². The summed E-state index contributed by atoms with van der Waals surface area (Å²) in [6.07, 6.45) is 0.813. The number of nitrogens with zero attached hydrogens (tertiary/aromatic N) is 2. The number of hydrogen-bond acceptors (Lipinski definition) is 11. The summed E-state index contributed by atoms with van der Waals surface area (Å²) in [4.78, 5) is 43.3. The fraction of sp³-hybridized carbons (Fsp3) is 0.757. The summed E-state index contributed by atoms with van der Waals surface area (Å²) in [5, 5.41) is 26.6. The summed E-state index contributed by atoms with van der Waals surface area (Å²) in [6.45, 7) is 4.95. The normalized spacial score (nSPS) is 48.0. The van der Waals surface area contributed by atoms with Gasteiger partial charge in [-0.1, -0.05) is 26.0 Å². The van der Waals surface area contributed by atoms with Gasteiger partial charge < -0.3 is 33.9 Å². The number of rotatable bonds is 9. The second kappa shape index (κ2) is 11.3. The van der Waals surface area contributed by atoms with E-state index >= 15 is 0 Å². The highest BCUT2D eigenvalue weighted by Gasteiger charge is 2.91. The van der Waals surface area contributed by atoms with Gasteiger partial charge in [-0.15, -0.1) is 0 Å². The van der Waals surface area contributed by atoms with E-state index < -0.39 is 46.1 Å². The third-order valence-corrected chi connectivity index (χ3v) is 14.5. The average Bonchev–Trinajstić information content (AvgIpc) is 3.63. The van der Waals surface area contributed by atoms with Crippen molar-refractivity contribution in [1.29, 1.82) is 0 Å². The van der Waals surface area contributed by atoms with Gasteiger partial charge in [-0.05, 0) is 43.9 Å². The Labute approximate surface area is 287 Å². The lowest BCUT2D eigenvalue weighted by Crippen LogP contribution is -2.82. The zero-order valence-corrected chi connectivity index (χ0v) is 29.3. The zero-order chi connectivity index (χ0) is 34.8. The van der Waals surface area contributed by atoms with Gasteiger partial charge in [0.2, 0.25) is 11.8 Å². The van der Waals surface area contributed by atoms with Gasteiger partial charge in [-0.2, -0.15) is 0 Å². The van der Waals surface area contributed by atoms with Crippen molar-refractivity contribution < 1.29 is 48.3 Å². The second-order valence-electron chi connectivity index (χ2n) is 16.0. The number of hydrogen-bond donors (Lipinski definition) is 2. The minimum absolute atomic E-state index is 0.0358. The average molecular weight is 683 g/mol. The maximum atomic E-state index is 14.1. The molecule has 2 unspecified atom stereocenters. The van der Waals surface area contributed by atoms with Gasteiger partial charge in [-0.3, -0.25) is 14.5 Å². The summed E-state index contributed by atoms with van der Waals surface area (Å²) in [5.41, 5.74) is -4.17. The smallest absolute Gasteiger partial charge is 0.340 e. The van der Waals surface area contributed by atoms with Gasteiger partial charge in [0, 0.05) is 82.3 Å². The standard InChI is InChI=1S/C37H50N2O10/c1-7-38-17-34(18-49-32(42)20-10-8-9-11-23(20)39-26(40)14-19(2)31(39)41)13-12-25(46-4)36-22-15-21-24(45-3)16-35(43,27(22)28(21)47-5)37(44,33(36)38)30(48-6)29(34)36/h8-11,19,21-22,24-25,27-30,33,43-44H,7,12-18H2,1-6H3/t19-,21-,22-,24-,25?,27+,28-,29+,30-,33+,34-,35+,36?,37-/m0/s1. The fourth-order valence-electron chi connectivity index (χ4n) is 13.2. The number of amides is 2. The van der Waals surface area contributed by atoms with Gasteiger partial charge in [0.1, 0.15) is 11.2 Å². The van der Waals surface area contributed by atoms with E-state index in [2.05, 4.69) is 11.8 Å². The number of benzene rings is 1. The third-order valence-electron chi connectivity index (χ3n) is 14.5. The van der Waals surface area contributed by atoms with Gasteiger partial charge in [0.15, 0.2) is 0 Å². The first kappa shape index (κ1) is 33.7. The van der Waals surface area contributed by atoms with E-state index in [1.54, 1.807) is 59.6 Å². The highest BCUT2D eigenvalue weighted by Crippen LogP contribution is 2.80. The van der Waals surface area contributed by atoms with Gasteiger partial charge in [0.05, 0.1) is 48.3 Å². The summed E-state index contributed by atoms with van der Waals surface area (Å²) < 4.78 is 31.4. The number of carbonyl (C=O) groups excluding carboxylic acids is 3. The van der Waals surface area contributed by atoms with Crippen molar-refractivity contribution in [2.45, 2.75) is 87.6 Å². The number of piperidine rings is 1. The summed E-state index contributed by atoms with van der Waals surface area (Å²) >= 11 is 0. The summed E-state index contributed by atoms with van der Waals surface area (Å²) in [7, 11) is 6.70. The molecular formula is C37H50N2O10. The summed E-state index contributed by atoms with van der Waals surface area (Å²) in [6, 6.07) is 6.12. The fourth-order valence-corrected chi connectivity index (χ4v) is 13.2. The Morgan fingerprint density at radius 3 is 2.43 bits per heavy atom. The Balaban J connectivity index is 1.23. The topological polar surface area (TPSA) is 144 Å². The molecule has 0 radical (unpaired) electrons. The van der Waals surface area contributed by atoms with E-state index in [1.807, 2.05) is 0 Å². The SMILES string of the molecule is CCN1C[C@]2(COC(=O)c3ccccc3N3C(=O)C[C@H](C)C3=O)CCC(OC)C34[C@@H]1[C@@](O)([C@@H](OC)[C@@H]32)[C@@]1(O)C[C@H](OC)[C@@H]2C[C@H]4[C@@H]1[C@H]2OC. The highest BCUT2D eigenvalue weighted by atomic mass is 16.5. The van der Waals surface area contributed by atoms with Crippen LogP contribution in [0.5, 0.6) is 0 Å². The highest BCUT2D eigenvalue weighted by molar-refractivity contribution is 6.22. The van der Waals surface area contributed by atoms with Gasteiger partial charge >= 0.3 is 5.97 Å². The van der Waals surface area contributed by atoms with Crippen molar-refractivity contribution in [2.24, 2.45) is 40.4 Å². The number of fused-ring (bicyclic) bond motifs is 2. The minimum Gasteiger partial charge on any atom is -0.461 e. The molecule has 7 aliphatic rings. The predicted octanol–water partition coefficient (Wildman–Crippen LogP) is 2.04. The number of likely N-dealkylation sites (tertiary alicyclic amines) is 1. The maximum absolute atomic E-state index is 14.1. The van der Waals surface area contributed by atoms with E-state index in [1.165, 1.54) is 0 Å². The van der Waals surface area contributed by atoms with Crippen LogP contribution in [0.3, 0.4) is 0 Å². The number of para-hydroxylation sites is 1. The van der Waals surface area contributed by atoms with E-state index in [-0.39, 0.29) is 84.5 Å². The number of aliphatic hydroxyl groups is 2. The Morgan fingerprint density at radius 2 is 1.80 bits per heavy atom. The van der Waals surface area contributed by atoms with E-state index in [9.17, 15) is 24.6 Å². The van der Waals surface area contributed by atoms with Crippen molar-refractivity contribution in [3.8, 4) is 0 Å².